The molecule has 1 rings (SSSR count). The second-order valence-electron chi connectivity index (χ2n) is 5.17. The van der Waals surface area contributed by atoms with E-state index in [2.05, 4.69) is 5.32 Å². The maximum atomic E-state index is 11.5. The molecule has 0 bridgehead atoms. The number of esters is 1. The van der Waals surface area contributed by atoms with Gasteiger partial charge in [-0.15, -0.1) is 11.8 Å². The lowest BCUT2D eigenvalue weighted by atomic mass is 10.4. The summed E-state index contributed by atoms with van der Waals surface area (Å²) in [5.74, 6) is -1.15. The molecule has 8 nitrogen and oxygen atoms in total. The van der Waals surface area contributed by atoms with E-state index in [4.69, 9.17) is 4.74 Å². The molecule has 0 spiro atoms. The number of hydrogen-bond donors (Lipinski definition) is 2. The fourth-order valence-corrected chi connectivity index (χ4v) is 5.17. The lowest BCUT2D eigenvalue weighted by Crippen LogP contribution is -2.44. The van der Waals surface area contributed by atoms with E-state index in [0.29, 0.717) is 6.42 Å². The molecule has 3 amide bonds. The van der Waals surface area contributed by atoms with Crippen molar-refractivity contribution in [1.82, 2.24) is 10.6 Å². The molecule has 1 fully saturated rings. The Morgan fingerprint density at radius 3 is 2.55 bits per heavy atom. The first-order valence-electron chi connectivity index (χ1n) is 6.76. The highest BCUT2D eigenvalue weighted by Crippen LogP contribution is 2.24. The van der Waals surface area contributed by atoms with Crippen molar-refractivity contribution in [2.24, 2.45) is 0 Å². The highest BCUT2D eigenvalue weighted by atomic mass is 32.2. The monoisotopic (exact) mass is 352 g/mol. The molecule has 1 saturated heterocycles. The molecule has 1 heterocycles. The number of carbonyl (C=O) groups excluding carboxylic acids is 3. The number of urea groups is 1. The SMILES string of the molecule is CC(C)NC(=O)NC(=O)COC(=O)CS[C@H]1CCS(=O)(=O)C1. The summed E-state index contributed by atoms with van der Waals surface area (Å²) in [5, 5.41) is 4.37. The van der Waals surface area contributed by atoms with Crippen LogP contribution in [0.2, 0.25) is 0 Å². The predicted octanol–water partition coefficient (Wildman–Crippen LogP) is -0.316. The van der Waals surface area contributed by atoms with Crippen molar-refractivity contribution in [3.05, 3.63) is 0 Å². The van der Waals surface area contributed by atoms with E-state index in [-0.39, 0.29) is 28.6 Å². The Hall–Kier alpha value is -1.29. The van der Waals surface area contributed by atoms with Crippen LogP contribution >= 0.6 is 11.8 Å². The van der Waals surface area contributed by atoms with Gasteiger partial charge in [0.05, 0.1) is 17.3 Å². The van der Waals surface area contributed by atoms with Crippen LogP contribution in [0.25, 0.3) is 0 Å². The van der Waals surface area contributed by atoms with Gasteiger partial charge in [-0.2, -0.15) is 0 Å². The average molecular weight is 352 g/mol. The Morgan fingerprint density at radius 2 is 2.00 bits per heavy atom. The van der Waals surface area contributed by atoms with Crippen LogP contribution in [0.1, 0.15) is 20.3 Å². The topological polar surface area (TPSA) is 119 Å². The summed E-state index contributed by atoms with van der Waals surface area (Å²) in [7, 11) is -2.97. The Kier molecular flexibility index (Phi) is 7.14. The van der Waals surface area contributed by atoms with Gasteiger partial charge in [0.2, 0.25) is 0 Å². The molecular formula is C12H20N2O6S2. The van der Waals surface area contributed by atoms with E-state index in [1.165, 1.54) is 11.8 Å². The van der Waals surface area contributed by atoms with Gasteiger partial charge in [-0.3, -0.25) is 14.9 Å². The minimum absolute atomic E-state index is 0.0222. The van der Waals surface area contributed by atoms with Crippen molar-refractivity contribution in [2.45, 2.75) is 31.6 Å². The molecule has 0 saturated carbocycles. The third-order valence-electron chi connectivity index (χ3n) is 2.66. The quantitative estimate of drug-likeness (QED) is 0.629. The van der Waals surface area contributed by atoms with Crippen LogP contribution in [-0.4, -0.2) is 61.5 Å². The summed E-state index contributed by atoms with van der Waals surface area (Å²) >= 11 is 1.20. The lowest BCUT2D eigenvalue weighted by Gasteiger charge is -2.10. The Labute approximate surface area is 133 Å². The molecule has 0 aromatic rings. The fourth-order valence-electron chi connectivity index (χ4n) is 1.73. The van der Waals surface area contributed by atoms with E-state index in [0.717, 1.165) is 0 Å². The van der Waals surface area contributed by atoms with E-state index in [1.807, 2.05) is 5.32 Å². The van der Waals surface area contributed by atoms with Crippen LogP contribution in [0.15, 0.2) is 0 Å². The number of ether oxygens (including phenoxy) is 1. The minimum atomic E-state index is -2.97. The molecule has 1 aliphatic rings. The molecule has 10 heteroatoms. The van der Waals surface area contributed by atoms with Gasteiger partial charge in [0, 0.05) is 11.3 Å². The molecule has 0 unspecified atom stereocenters. The van der Waals surface area contributed by atoms with E-state index >= 15 is 0 Å². The smallest absolute Gasteiger partial charge is 0.321 e. The first-order valence-corrected chi connectivity index (χ1v) is 9.63. The van der Waals surface area contributed by atoms with Crippen LogP contribution in [0.4, 0.5) is 4.79 Å². The summed E-state index contributed by atoms with van der Waals surface area (Å²) in [5.41, 5.74) is 0. The largest absolute Gasteiger partial charge is 0.455 e. The summed E-state index contributed by atoms with van der Waals surface area (Å²) in [6.07, 6.45) is 0.524. The van der Waals surface area contributed by atoms with Crippen LogP contribution in [0.3, 0.4) is 0 Å². The number of hydrogen-bond acceptors (Lipinski definition) is 7. The molecule has 2 N–H and O–H groups in total. The third-order valence-corrected chi connectivity index (χ3v) is 5.92. The summed E-state index contributed by atoms with van der Waals surface area (Å²) in [6.45, 7) is 2.93. The predicted molar refractivity (Wildman–Crippen MR) is 82.3 cm³/mol. The molecular weight excluding hydrogens is 332 g/mol. The van der Waals surface area contributed by atoms with Crippen molar-refractivity contribution in [3.63, 3.8) is 0 Å². The van der Waals surface area contributed by atoms with Gasteiger partial charge in [-0.1, -0.05) is 0 Å². The van der Waals surface area contributed by atoms with E-state index in [1.54, 1.807) is 13.8 Å². The summed E-state index contributed by atoms with van der Waals surface area (Å²) in [6, 6.07) is -0.768. The molecule has 1 atom stereocenters. The number of amides is 3. The van der Waals surface area contributed by atoms with Crippen LogP contribution in [0.5, 0.6) is 0 Å². The van der Waals surface area contributed by atoms with Crippen LogP contribution < -0.4 is 10.6 Å². The van der Waals surface area contributed by atoms with Crippen molar-refractivity contribution >= 4 is 39.5 Å². The molecule has 22 heavy (non-hydrogen) atoms. The highest BCUT2D eigenvalue weighted by Gasteiger charge is 2.28. The molecule has 126 valence electrons. The van der Waals surface area contributed by atoms with Gasteiger partial charge in [0.25, 0.3) is 5.91 Å². The third kappa shape index (κ3) is 7.64. The van der Waals surface area contributed by atoms with Gasteiger partial charge in [-0.05, 0) is 20.3 Å². The highest BCUT2D eigenvalue weighted by molar-refractivity contribution is 8.02. The Bertz CT molecular complexity index is 532. The van der Waals surface area contributed by atoms with Crippen molar-refractivity contribution in [1.29, 1.82) is 0 Å². The maximum Gasteiger partial charge on any atom is 0.321 e. The summed E-state index contributed by atoms with van der Waals surface area (Å²) in [4.78, 5) is 34.0. The fraction of sp³-hybridized carbons (Fsp3) is 0.750. The molecule has 0 aromatic carbocycles. The zero-order chi connectivity index (χ0) is 16.8. The van der Waals surface area contributed by atoms with Gasteiger partial charge < -0.3 is 10.1 Å². The number of thioether (sulfide) groups is 1. The zero-order valence-corrected chi connectivity index (χ0v) is 14.1. The second-order valence-corrected chi connectivity index (χ2v) is 8.69. The van der Waals surface area contributed by atoms with Gasteiger partial charge >= 0.3 is 12.0 Å². The number of carbonyl (C=O) groups is 3. The molecule has 1 aliphatic heterocycles. The van der Waals surface area contributed by atoms with Crippen molar-refractivity contribution in [3.8, 4) is 0 Å². The number of imide groups is 1. The minimum Gasteiger partial charge on any atom is -0.455 e. The van der Waals surface area contributed by atoms with E-state index < -0.39 is 34.4 Å². The number of nitrogens with one attached hydrogen (secondary N) is 2. The Balaban J connectivity index is 2.18. The standard InChI is InChI=1S/C12H20N2O6S2/c1-8(2)13-12(17)14-10(15)5-20-11(16)6-21-9-3-4-22(18,19)7-9/h8-9H,3-7H2,1-2H3,(H2,13,14,15,17)/t9-/m0/s1. The van der Waals surface area contributed by atoms with Gasteiger partial charge in [0.1, 0.15) is 0 Å². The van der Waals surface area contributed by atoms with Gasteiger partial charge in [0.15, 0.2) is 16.4 Å². The van der Waals surface area contributed by atoms with Gasteiger partial charge in [-0.25, -0.2) is 13.2 Å². The zero-order valence-electron chi connectivity index (χ0n) is 12.5. The van der Waals surface area contributed by atoms with Crippen molar-refractivity contribution < 1.29 is 27.5 Å². The summed E-state index contributed by atoms with van der Waals surface area (Å²) < 4.78 is 27.2. The van der Waals surface area contributed by atoms with Crippen molar-refractivity contribution in [2.75, 3.05) is 23.9 Å². The van der Waals surface area contributed by atoms with Crippen LogP contribution in [0, 0.1) is 0 Å². The average Bonchev–Trinajstić information content (AvgIpc) is 2.72. The maximum absolute atomic E-state index is 11.5. The van der Waals surface area contributed by atoms with E-state index in [9.17, 15) is 22.8 Å². The molecule has 0 radical (unpaired) electrons. The first-order chi connectivity index (χ1) is 10.2. The molecule has 0 aliphatic carbocycles. The second kappa shape index (κ2) is 8.37. The number of rotatable bonds is 6. The molecule has 0 aromatic heterocycles. The number of sulfone groups is 1. The normalized spacial score (nSPS) is 19.7. The Morgan fingerprint density at radius 1 is 1.32 bits per heavy atom. The lowest BCUT2D eigenvalue weighted by molar-refractivity contribution is -0.145. The first kappa shape index (κ1) is 18.8. The van der Waals surface area contributed by atoms with Crippen LogP contribution in [-0.2, 0) is 24.2 Å².